The zero-order chi connectivity index (χ0) is 13.3. The van der Waals surface area contributed by atoms with Crippen molar-refractivity contribution in [2.75, 3.05) is 0 Å². The van der Waals surface area contributed by atoms with Gasteiger partial charge in [0, 0.05) is 0 Å². The van der Waals surface area contributed by atoms with Gasteiger partial charge in [-0.25, -0.2) is 4.31 Å². The summed E-state index contributed by atoms with van der Waals surface area (Å²) in [4.78, 5) is 12.1. The van der Waals surface area contributed by atoms with Gasteiger partial charge in [-0.3, -0.25) is 4.79 Å². The summed E-state index contributed by atoms with van der Waals surface area (Å²) in [5, 5.41) is 0. The van der Waals surface area contributed by atoms with E-state index < -0.39 is 16.3 Å². The molecule has 0 aliphatic carbocycles. The van der Waals surface area contributed by atoms with Crippen LogP contribution in [0.15, 0.2) is 30.3 Å². The molecule has 0 spiro atoms. The monoisotopic (exact) mass is 268 g/mol. The average Bonchev–Trinajstić information content (AvgIpc) is 2.54. The first kappa shape index (κ1) is 13.0. The van der Waals surface area contributed by atoms with E-state index in [-0.39, 0.29) is 18.4 Å². The van der Waals surface area contributed by atoms with Gasteiger partial charge in [-0.15, -0.1) is 0 Å². The third-order valence-electron chi connectivity index (χ3n) is 2.91. The predicted molar refractivity (Wildman–Crippen MR) is 67.7 cm³/mol. The first-order valence-electron chi connectivity index (χ1n) is 5.79. The van der Waals surface area contributed by atoms with E-state index in [1.54, 1.807) is 12.1 Å². The molecule has 0 radical (unpaired) electrons. The molecular formula is C12H16N2O3S. The van der Waals surface area contributed by atoms with Crippen molar-refractivity contribution >= 4 is 16.1 Å². The second-order valence-electron chi connectivity index (χ2n) is 4.68. The molecule has 1 heterocycles. The van der Waals surface area contributed by atoms with Crippen LogP contribution in [0.5, 0.6) is 0 Å². The van der Waals surface area contributed by atoms with Crippen molar-refractivity contribution in [1.82, 2.24) is 9.03 Å². The second-order valence-corrected chi connectivity index (χ2v) is 6.30. The van der Waals surface area contributed by atoms with Crippen LogP contribution in [0.1, 0.15) is 19.4 Å². The lowest BCUT2D eigenvalue weighted by Gasteiger charge is -2.14. The molecule has 18 heavy (non-hydrogen) atoms. The predicted octanol–water partition coefficient (Wildman–Crippen LogP) is 0.888. The maximum atomic E-state index is 12.1. The highest BCUT2D eigenvalue weighted by molar-refractivity contribution is 7.88. The fraction of sp³-hybridized carbons (Fsp3) is 0.417. The molecule has 6 heteroatoms. The number of benzene rings is 1. The lowest BCUT2D eigenvalue weighted by atomic mass is 10.0. The van der Waals surface area contributed by atoms with E-state index in [0.717, 1.165) is 9.87 Å². The molecule has 98 valence electrons. The zero-order valence-electron chi connectivity index (χ0n) is 10.3. The van der Waals surface area contributed by atoms with E-state index in [4.69, 9.17) is 0 Å². The van der Waals surface area contributed by atoms with Crippen LogP contribution in [-0.4, -0.2) is 24.7 Å². The van der Waals surface area contributed by atoms with Crippen molar-refractivity contribution in [3.63, 3.8) is 0 Å². The van der Waals surface area contributed by atoms with Crippen molar-refractivity contribution < 1.29 is 13.2 Å². The van der Waals surface area contributed by atoms with Crippen LogP contribution in [0, 0.1) is 5.92 Å². The quantitative estimate of drug-likeness (QED) is 0.885. The highest BCUT2D eigenvalue weighted by Gasteiger charge is 2.43. The third-order valence-corrected chi connectivity index (χ3v) is 4.35. The van der Waals surface area contributed by atoms with E-state index in [0.29, 0.717) is 0 Å². The van der Waals surface area contributed by atoms with E-state index in [2.05, 4.69) is 4.72 Å². The fourth-order valence-corrected chi connectivity index (χ4v) is 3.37. The topological polar surface area (TPSA) is 66.5 Å². The van der Waals surface area contributed by atoms with E-state index >= 15 is 0 Å². The summed E-state index contributed by atoms with van der Waals surface area (Å²) in [5.74, 6) is -0.443. The standard InChI is InChI=1S/C12H16N2O3S/c1-9(2)11-12(15)14(18(16,17)13-11)8-10-6-4-3-5-7-10/h3-7,9,11,13H,8H2,1-2H3. The number of amides is 1. The minimum Gasteiger partial charge on any atom is -0.272 e. The number of nitrogens with zero attached hydrogens (tertiary/aromatic N) is 1. The number of hydrogen-bond acceptors (Lipinski definition) is 3. The molecule has 0 bridgehead atoms. The molecule has 1 saturated heterocycles. The van der Waals surface area contributed by atoms with E-state index in [1.807, 2.05) is 32.0 Å². The summed E-state index contributed by atoms with van der Waals surface area (Å²) in [5.41, 5.74) is 0.792. The van der Waals surface area contributed by atoms with Crippen LogP contribution < -0.4 is 4.72 Å². The van der Waals surface area contributed by atoms with Crippen LogP contribution in [0.25, 0.3) is 0 Å². The fourth-order valence-electron chi connectivity index (χ4n) is 1.88. The Kier molecular flexibility index (Phi) is 3.41. The molecule has 1 amide bonds. The number of rotatable bonds is 3. The SMILES string of the molecule is CC(C)C1NS(=O)(=O)N(Cc2ccccc2)C1=O. The summed E-state index contributed by atoms with van der Waals surface area (Å²) in [6.45, 7) is 3.71. The molecule has 1 fully saturated rings. The smallest absolute Gasteiger partial charge is 0.272 e. The van der Waals surface area contributed by atoms with Crippen molar-refractivity contribution in [3.8, 4) is 0 Å². The maximum absolute atomic E-state index is 12.1. The molecule has 1 N–H and O–H groups in total. The van der Waals surface area contributed by atoms with Gasteiger partial charge < -0.3 is 0 Å². The van der Waals surface area contributed by atoms with E-state index in [9.17, 15) is 13.2 Å². The van der Waals surface area contributed by atoms with Crippen molar-refractivity contribution in [1.29, 1.82) is 0 Å². The Bertz CT molecular complexity index is 540. The number of nitrogens with one attached hydrogen (secondary N) is 1. The molecule has 1 unspecified atom stereocenters. The molecule has 1 aliphatic rings. The Hall–Kier alpha value is -1.40. The highest BCUT2D eigenvalue weighted by atomic mass is 32.2. The van der Waals surface area contributed by atoms with Gasteiger partial charge in [-0.2, -0.15) is 13.1 Å². The van der Waals surface area contributed by atoms with Gasteiger partial charge in [0.2, 0.25) is 0 Å². The van der Waals surface area contributed by atoms with Gasteiger partial charge >= 0.3 is 10.2 Å². The normalized spacial score (nSPS) is 22.7. The summed E-state index contributed by atoms with van der Waals surface area (Å²) in [6.07, 6.45) is 0. The largest absolute Gasteiger partial charge is 0.304 e. The Balaban J connectivity index is 2.25. The minimum atomic E-state index is -3.69. The molecule has 1 aromatic rings. The third kappa shape index (κ3) is 2.39. The zero-order valence-corrected chi connectivity index (χ0v) is 11.1. The lowest BCUT2D eigenvalue weighted by molar-refractivity contribution is -0.127. The van der Waals surface area contributed by atoms with Crippen molar-refractivity contribution in [3.05, 3.63) is 35.9 Å². The van der Waals surface area contributed by atoms with E-state index in [1.165, 1.54) is 0 Å². The Labute approximate surface area is 107 Å². The summed E-state index contributed by atoms with van der Waals surface area (Å²) < 4.78 is 27.1. The van der Waals surface area contributed by atoms with Crippen LogP contribution in [0.3, 0.4) is 0 Å². The van der Waals surface area contributed by atoms with Crippen LogP contribution in [-0.2, 0) is 21.5 Å². The lowest BCUT2D eigenvalue weighted by Crippen LogP contribution is -2.34. The number of hydrogen-bond donors (Lipinski definition) is 1. The van der Waals surface area contributed by atoms with Gasteiger partial charge in [0.25, 0.3) is 5.91 Å². The molecule has 5 nitrogen and oxygen atoms in total. The molecule has 1 aromatic carbocycles. The molecule has 2 rings (SSSR count). The van der Waals surface area contributed by atoms with Crippen LogP contribution in [0.4, 0.5) is 0 Å². The first-order valence-corrected chi connectivity index (χ1v) is 7.23. The maximum Gasteiger partial charge on any atom is 0.304 e. The average molecular weight is 268 g/mol. The highest BCUT2D eigenvalue weighted by Crippen LogP contribution is 2.20. The van der Waals surface area contributed by atoms with Crippen LogP contribution >= 0.6 is 0 Å². The van der Waals surface area contributed by atoms with Crippen molar-refractivity contribution in [2.24, 2.45) is 5.92 Å². The van der Waals surface area contributed by atoms with Crippen LogP contribution in [0.2, 0.25) is 0 Å². The van der Waals surface area contributed by atoms with Crippen molar-refractivity contribution in [2.45, 2.75) is 26.4 Å². The Morgan fingerprint density at radius 2 is 1.89 bits per heavy atom. The van der Waals surface area contributed by atoms with Gasteiger partial charge in [-0.1, -0.05) is 44.2 Å². The molecular weight excluding hydrogens is 252 g/mol. The minimum absolute atomic E-state index is 0.0620. The second kappa shape index (κ2) is 4.70. The summed E-state index contributed by atoms with van der Waals surface area (Å²) >= 11 is 0. The molecule has 0 aromatic heterocycles. The Morgan fingerprint density at radius 1 is 1.28 bits per heavy atom. The summed E-state index contributed by atoms with van der Waals surface area (Å²) in [6, 6.07) is 8.42. The Morgan fingerprint density at radius 3 is 2.39 bits per heavy atom. The molecule has 0 saturated carbocycles. The molecule has 1 aliphatic heterocycles. The van der Waals surface area contributed by atoms with Gasteiger partial charge in [0.15, 0.2) is 0 Å². The number of carbonyl (C=O) groups is 1. The van der Waals surface area contributed by atoms with Gasteiger partial charge in [0.05, 0.1) is 6.54 Å². The number of carbonyl (C=O) groups excluding carboxylic acids is 1. The van der Waals surface area contributed by atoms with Gasteiger partial charge in [-0.05, 0) is 11.5 Å². The first-order chi connectivity index (χ1) is 8.42. The summed E-state index contributed by atoms with van der Waals surface area (Å²) in [7, 11) is -3.69. The van der Waals surface area contributed by atoms with Gasteiger partial charge in [0.1, 0.15) is 6.04 Å². The molecule has 1 atom stereocenters.